The predicted molar refractivity (Wildman–Crippen MR) is 55.5 cm³/mol. The van der Waals surface area contributed by atoms with Crippen LogP contribution in [0.15, 0.2) is 23.1 Å². The van der Waals surface area contributed by atoms with Gasteiger partial charge in [0, 0.05) is 10.7 Å². The Morgan fingerprint density at radius 1 is 1.35 bits per heavy atom. The molecule has 0 saturated heterocycles. The minimum absolute atomic E-state index is 0.168. The van der Waals surface area contributed by atoms with E-state index in [0.717, 1.165) is 6.07 Å². The molecule has 0 bridgehead atoms. The zero-order valence-corrected chi connectivity index (χ0v) is 10.2. The van der Waals surface area contributed by atoms with E-state index in [1.54, 1.807) is 6.92 Å². The van der Waals surface area contributed by atoms with Crippen molar-refractivity contribution in [2.24, 2.45) is 0 Å². The molecule has 0 aliphatic heterocycles. The van der Waals surface area contributed by atoms with Crippen LogP contribution in [-0.4, -0.2) is 14.8 Å². The van der Waals surface area contributed by atoms with Gasteiger partial charge in [0.2, 0.25) is 0 Å². The van der Waals surface area contributed by atoms with E-state index in [2.05, 4.69) is 4.74 Å². The van der Waals surface area contributed by atoms with Crippen molar-refractivity contribution in [3.05, 3.63) is 23.8 Å². The number of aryl methyl sites for hydroxylation is 1. The number of benzene rings is 1. The zero-order valence-electron chi connectivity index (χ0n) is 8.58. The Labute approximate surface area is 101 Å². The van der Waals surface area contributed by atoms with Gasteiger partial charge in [-0.25, -0.2) is 8.42 Å². The Bertz CT molecular complexity index is 511. The Morgan fingerprint density at radius 3 is 2.35 bits per heavy atom. The lowest BCUT2D eigenvalue weighted by atomic mass is 10.1. The number of hydrogen-bond acceptors (Lipinski definition) is 3. The molecule has 1 aromatic carbocycles. The van der Waals surface area contributed by atoms with E-state index < -0.39 is 26.1 Å². The maximum absolute atomic E-state index is 12.1. The molecule has 0 aromatic heterocycles. The fourth-order valence-electron chi connectivity index (χ4n) is 1.32. The van der Waals surface area contributed by atoms with Gasteiger partial charge in [-0.15, -0.1) is 13.2 Å². The summed E-state index contributed by atoms with van der Waals surface area (Å²) in [4.78, 5) is -0.638. The first-order valence-corrected chi connectivity index (χ1v) is 6.78. The zero-order chi connectivity index (χ0) is 13.3. The van der Waals surface area contributed by atoms with Gasteiger partial charge in [-0.2, -0.15) is 0 Å². The van der Waals surface area contributed by atoms with Crippen LogP contribution in [0.5, 0.6) is 5.75 Å². The summed E-state index contributed by atoms with van der Waals surface area (Å²) in [7, 11) is 0.800. The molecule has 0 heterocycles. The third-order valence-electron chi connectivity index (χ3n) is 1.91. The molecule has 0 saturated carbocycles. The van der Waals surface area contributed by atoms with E-state index in [1.165, 1.54) is 12.1 Å². The summed E-state index contributed by atoms with van der Waals surface area (Å²) in [6.07, 6.45) is -4.75. The number of ether oxygens (including phenoxy) is 1. The molecule has 0 amide bonds. The van der Waals surface area contributed by atoms with Crippen LogP contribution in [0.1, 0.15) is 12.5 Å². The van der Waals surface area contributed by atoms with Crippen LogP contribution in [0.3, 0.4) is 0 Å². The summed E-state index contributed by atoms with van der Waals surface area (Å²) >= 11 is 0. The topological polar surface area (TPSA) is 43.4 Å². The van der Waals surface area contributed by atoms with Gasteiger partial charge in [0.25, 0.3) is 9.05 Å². The highest BCUT2D eigenvalue weighted by Gasteiger charge is 2.34. The monoisotopic (exact) mass is 288 g/mol. The molecule has 1 aromatic rings. The Kier molecular flexibility index (Phi) is 3.93. The highest BCUT2D eigenvalue weighted by Crippen LogP contribution is 2.34. The first kappa shape index (κ1) is 14.1. The van der Waals surface area contributed by atoms with Crippen molar-refractivity contribution in [3.63, 3.8) is 0 Å². The van der Waals surface area contributed by atoms with E-state index in [9.17, 15) is 21.6 Å². The lowest BCUT2D eigenvalue weighted by molar-refractivity contribution is -0.275. The summed E-state index contributed by atoms with van der Waals surface area (Å²) < 4.78 is 62.4. The molecule has 0 aliphatic carbocycles. The molecule has 0 N–H and O–H groups in total. The van der Waals surface area contributed by atoms with Crippen LogP contribution in [0, 0.1) is 0 Å². The molecule has 17 heavy (non-hydrogen) atoms. The van der Waals surface area contributed by atoms with Crippen molar-refractivity contribution < 1.29 is 26.3 Å². The second kappa shape index (κ2) is 4.73. The summed E-state index contributed by atoms with van der Waals surface area (Å²) in [5.74, 6) is -0.813. The number of halogens is 4. The van der Waals surface area contributed by atoms with Crippen molar-refractivity contribution >= 4 is 19.7 Å². The average Bonchev–Trinajstić information content (AvgIpc) is 2.12. The molecule has 0 unspecified atom stereocenters. The van der Waals surface area contributed by atoms with E-state index in [1.807, 2.05) is 0 Å². The minimum atomic E-state index is -4.97. The van der Waals surface area contributed by atoms with Crippen LogP contribution < -0.4 is 4.74 Å². The fourth-order valence-corrected chi connectivity index (χ4v) is 2.72. The lowest BCUT2D eigenvalue weighted by Gasteiger charge is -2.13. The molecule has 0 fully saturated rings. The summed E-state index contributed by atoms with van der Waals surface area (Å²) in [6.45, 7) is 1.60. The summed E-state index contributed by atoms with van der Waals surface area (Å²) in [5, 5.41) is 0. The number of hydrogen-bond donors (Lipinski definition) is 0. The van der Waals surface area contributed by atoms with E-state index in [4.69, 9.17) is 10.7 Å². The van der Waals surface area contributed by atoms with Gasteiger partial charge in [0.15, 0.2) is 0 Å². The Hall–Kier alpha value is -0.950. The normalized spacial score (nSPS) is 12.5. The first-order chi connectivity index (χ1) is 7.65. The second-order valence-electron chi connectivity index (χ2n) is 3.08. The van der Waals surface area contributed by atoms with Gasteiger partial charge in [0.05, 0.1) is 0 Å². The third kappa shape index (κ3) is 3.78. The lowest BCUT2D eigenvalue weighted by Crippen LogP contribution is -2.19. The molecular formula is C9H8ClF3O3S. The minimum Gasteiger partial charge on any atom is -0.404 e. The van der Waals surface area contributed by atoms with Gasteiger partial charge in [-0.3, -0.25) is 0 Å². The number of alkyl halides is 3. The van der Waals surface area contributed by atoms with E-state index in [0.29, 0.717) is 0 Å². The van der Waals surface area contributed by atoms with E-state index in [-0.39, 0.29) is 12.0 Å². The van der Waals surface area contributed by atoms with Crippen molar-refractivity contribution in [2.45, 2.75) is 24.6 Å². The van der Waals surface area contributed by atoms with Gasteiger partial charge in [-0.05, 0) is 18.1 Å². The standard InChI is InChI=1S/C9H8ClF3O3S/c1-2-6-4-3-5-7(16-9(11,12)13)8(6)17(10,14)15/h3-5H,2H2,1H3. The molecule has 0 spiro atoms. The molecule has 96 valence electrons. The molecule has 1 rings (SSSR count). The first-order valence-electron chi connectivity index (χ1n) is 4.47. The quantitative estimate of drug-likeness (QED) is 0.803. The van der Waals surface area contributed by atoms with Gasteiger partial charge in [0.1, 0.15) is 10.6 Å². The summed E-state index contributed by atoms with van der Waals surface area (Å²) in [5.41, 5.74) is 0.168. The van der Waals surface area contributed by atoms with E-state index >= 15 is 0 Å². The fraction of sp³-hybridized carbons (Fsp3) is 0.333. The molecule has 0 radical (unpaired) electrons. The SMILES string of the molecule is CCc1cccc(OC(F)(F)F)c1S(=O)(=O)Cl. The molecule has 8 heteroatoms. The highest BCUT2D eigenvalue weighted by atomic mass is 35.7. The van der Waals surface area contributed by atoms with Crippen molar-refractivity contribution in [2.75, 3.05) is 0 Å². The molecular weight excluding hydrogens is 281 g/mol. The van der Waals surface area contributed by atoms with Gasteiger partial charge < -0.3 is 4.74 Å². The largest absolute Gasteiger partial charge is 0.573 e. The summed E-state index contributed by atoms with van der Waals surface area (Å²) in [6, 6.07) is 3.55. The van der Waals surface area contributed by atoms with Crippen LogP contribution in [0.4, 0.5) is 13.2 Å². The van der Waals surface area contributed by atoms with Crippen LogP contribution in [0.25, 0.3) is 0 Å². The number of rotatable bonds is 3. The highest BCUT2D eigenvalue weighted by molar-refractivity contribution is 8.13. The molecule has 0 aliphatic rings. The smallest absolute Gasteiger partial charge is 0.404 e. The maximum atomic E-state index is 12.1. The Balaban J connectivity index is 3.41. The Morgan fingerprint density at radius 2 is 1.94 bits per heavy atom. The van der Waals surface area contributed by atoms with Crippen LogP contribution in [0.2, 0.25) is 0 Å². The third-order valence-corrected chi connectivity index (χ3v) is 3.32. The van der Waals surface area contributed by atoms with Crippen LogP contribution >= 0.6 is 10.7 Å². The average molecular weight is 289 g/mol. The van der Waals surface area contributed by atoms with Crippen LogP contribution in [-0.2, 0) is 15.5 Å². The molecule has 3 nitrogen and oxygen atoms in total. The predicted octanol–water partition coefficient (Wildman–Crippen LogP) is 3.08. The van der Waals surface area contributed by atoms with Crippen molar-refractivity contribution in [3.8, 4) is 5.75 Å². The maximum Gasteiger partial charge on any atom is 0.573 e. The van der Waals surface area contributed by atoms with Crippen molar-refractivity contribution in [1.29, 1.82) is 0 Å². The van der Waals surface area contributed by atoms with Crippen molar-refractivity contribution in [1.82, 2.24) is 0 Å². The second-order valence-corrected chi connectivity index (χ2v) is 5.59. The van der Waals surface area contributed by atoms with Gasteiger partial charge >= 0.3 is 6.36 Å². The van der Waals surface area contributed by atoms with Gasteiger partial charge in [-0.1, -0.05) is 19.1 Å². The molecule has 0 atom stereocenters.